The van der Waals surface area contributed by atoms with E-state index in [0.29, 0.717) is 18.1 Å². The summed E-state index contributed by atoms with van der Waals surface area (Å²) in [7, 11) is 0. The van der Waals surface area contributed by atoms with E-state index in [0.717, 1.165) is 5.57 Å². The van der Waals surface area contributed by atoms with Crippen LogP contribution in [0.5, 0.6) is 0 Å². The molecule has 0 saturated carbocycles. The van der Waals surface area contributed by atoms with Crippen molar-refractivity contribution in [3.05, 3.63) is 95.1 Å². The minimum Gasteiger partial charge on any atom is -0.463 e. The maximum Gasteiger partial charge on any atom is 0.333 e. The molecule has 0 aliphatic rings. The fraction of sp³-hybridized carbons (Fsp3) is 0.346. The van der Waals surface area contributed by atoms with Gasteiger partial charge in [-0.15, -0.1) is 0 Å². The Bertz CT molecular complexity index is 776. The lowest BCUT2D eigenvalue weighted by Gasteiger charge is -2.08. The van der Waals surface area contributed by atoms with E-state index in [4.69, 9.17) is 9.84 Å². The molecule has 0 bridgehead atoms. The van der Waals surface area contributed by atoms with Gasteiger partial charge in [0.2, 0.25) is 0 Å². The van der Waals surface area contributed by atoms with Gasteiger partial charge in [0.05, 0.1) is 13.2 Å². The van der Waals surface area contributed by atoms with Gasteiger partial charge in [-0.2, -0.15) is 0 Å². The van der Waals surface area contributed by atoms with Crippen molar-refractivity contribution in [2.45, 2.75) is 46.5 Å². The lowest BCUT2D eigenvalue weighted by molar-refractivity contribution is -0.138. The Labute approximate surface area is 175 Å². The Kier molecular flexibility index (Phi) is 11.4. The largest absolute Gasteiger partial charge is 0.463 e. The molecule has 0 fully saturated rings. The van der Waals surface area contributed by atoms with Crippen molar-refractivity contribution < 1.29 is 14.6 Å². The third-order valence-electron chi connectivity index (χ3n) is 4.53. The minimum absolute atomic E-state index is 0.150. The van der Waals surface area contributed by atoms with E-state index in [-0.39, 0.29) is 18.5 Å². The van der Waals surface area contributed by atoms with Crippen LogP contribution in [0.15, 0.2) is 84.0 Å². The number of carbonyl (C=O) groups is 1. The van der Waals surface area contributed by atoms with Crippen LogP contribution >= 0.6 is 0 Å². The van der Waals surface area contributed by atoms with E-state index in [9.17, 15) is 4.79 Å². The first-order chi connectivity index (χ1) is 13.9. The molecule has 156 valence electrons. The Morgan fingerprint density at radius 1 is 0.897 bits per heavy atom. The van der Waals surface area contributed by atoms with Crippen molar-refractivity contribution in [2.75, 3.05) is 13.2 Å². The molecule has 0 aliphatic carbocycles. The lowest BCUT2D eigenvalue weighted by Crippen LogP contribution is -2.06. The second-order valence-electron chi connectivity index (χ2n) is 7.14. The van der Waals surface area contributed by atoms with Gasteiger partial charge in [0.1, 0.15) is 0 Å². The van der Waals surface area contributed by atoms with Crippen molar-refractivity contribution in [1.82, 2.24) is 0 Å². The van der Waals surface area contributed by atoms with E-state index in [2.05, 4.69) is 44.2 Å². The summed E-state index contributed by atoms with van der Waals surface area (Å²) in [4.78, 5) is 11.4. The maximum atomic E-state index is 11.4. The number of esters is 1. The molecule has 2 aromatic carbocycles. The summed E-state index contributed by atoms with van der Waals surface area (Å²) in [5.74, 6) is 0.379. The molecule has 2 rings (SSSR count). The summed E-state index contributed by atoms with van der Waals surface area (Å²) in [6.07, 6.45) is 4.03. The molecule has 29 heavy (non-hydrogen) atoms. The lowest BCUT2D eigenvalue weighted by atomic mass is 9.99. The standard InChI is InChI=1S/C14H18O2.C12H16O/c1-4-16-14(15)12(3)10-11(2)13-8-6-5-7-9-13;1-10(9-13)8-11(2)12-6-4-3-5-7-12/h5-11H,4H2,1-3H3;3-8,11,13H,9H2,1-2H3/b12-10+;10-8+. The van der Waals surface area contributed by atoms with Crippen LogP contribution in [-0.4, -0.2) is 24.3 Å². The summed E-state index contributed by atoms with van der Waals surface area (Å²) in [6.45, 7) is 10.3. The zero-order chi connectivity index (χ0) is 21.6. The first-order valence-electron chi connectivity index (χ1n) is 10.1. The van der Waals surface area contributed by atoms with Crippen molar-refractivity contribution in [3.8, 4) is 0 Å². The number of carbonyl (C=O) groups excluding carboxylic acids is 1. The molecule has 2 aromatic rings. The van der Waals surface area contributed by atoms with Crippen molar-refractivity contribution in [1.29, 1.82) is 0 Å². The fourth-order valence-corrected chi connectivity index (χ4v) is 2.87. The third-order valence-corrected chi connectivity index (χ3v) is 4.53. The Morgan fingerprint density at radius 3 is 1.76 bits per heavy atom. The molecule has 0 spiro atoms. The highest BCUT2D eigenvalue weighted by Crippen LogP contribution is 2.18. The highest BCUT2D eigenvalue weighted by molar-refractivity contribution is 5.87. The van der Waals surface area contributed by atoms with Gasteiger partial charge in [0.25, 0.3) is 0 Å². The summed E-state index contributed by atoms with van der Waals surface area (Å²) < 4.78 is 4.93. The summed E-state index contributed by atoms with van der Waals surface area (Å²) in [6, 6.07) is 20.4. The topological polar surface area (TPSA) is 46.5 Å². The molecule has 3 heteroatoms. The number of hydrogen-bond donors (Lipinski definition) is 1. The van der Waals surface area contributed by atoms with E-state index in [1.165, 1.54) is 11.1 Å². The summed E-state index contributed by atoms with van der Waals surface area (Å²) >= 11 is 0. The smallest absolute Gasteiger partial charge is 0.333 e. The maximum absolute atomic E-state index is 11.4. The number of rotatable bonds is 7. The average molecular weight is 395 g/mol. The van der Waals surface area contributed by atoms with E-state index >= 15 is 0 Å². The van der Waals surface area contributed by atoms with E-state index < -0.39 is 0 Å². The third kappa shape index (κ3) is 9.40. The van der Waals surface area contributed by atoms with Crippen LogP contribution in [0.25, 0.3) is 0 Å². The van der Waals surface area contributed by atoms with Gasteiger partial charge in [0, 0.05) is 5.57 Å². The Balaban J connectivity index is 0.000000296. The van der Waals surface area contributed by atoms with Crippen LogP contribution in [0.4, 0.5) is 0 Å². The van der Waals surface area contributed by atoms with E-state index in [1.807, 2.05) is 56.3 Å². The molecule has 0 aliphatic heterocycles. The molecule has 0 radical (unpaired) electrons. The molecule has 2 atom stereocenters. The number of hydrogen-bond acceptors (Lipinski definition) is 3. The molecular formula is C26H34O3. The van der Waals surface area contributed by atoms with Gasteiger partial charge in [-0.05, 0) is 43.7 Å². The predicted octanol–water partition coefficient (Wildman–Crippen LogP) is 6.03. The van der Waals surface area contributed by atoms with Crippen LogP contribution in [-0.2, 0) is 9.53 Å². The van der Waals surface area contributed by atoms with Gasteiger partial charge >= 0.3 is 5.97 Å². The second kappa shape index (κ2) is 13.5. The number of aliphatic hydroxyl groups is 1. The number of ether oxygens (including phenoxy) is 1. The van der Waals surface area contributed by atoms with Gasteiger partial charge in [0.15, 0.2) is 0 Å². The van der Waals surface area contributed by atoms with Crippen molar-refractivity contribution >= 4 is 5.97 Å². The Morgan fingerprint density at radius 2 is 1.34 bits per heavy atom. The minimum atomic E-state index is -0.231. The van der Waals surface area contributed by atoms with Gasteiger partial charge in [-0.3, -0.25) is 0 Å². The van der Waals surface area contributed by atoms with Gasteiger partial charge in [-0.1, -0.05) is 92.2 Å². The summed E-state index contributed by atoms with van der Waals surface area (Å²) in [5, 5.41) is 8.86. The first kappa shape index (κ1) is 24.4. The van der Waals surface area contributed by atoms with Crippen LogP contribution in [0.3, 0.4) is 0 Å². The Hall–Kier alpha value is -2.65. The molecule has 0 saturated heterocycles. The molecule has 1 N–H and O–H groups in total. The zero-order valence-corrected chi connectivity index (χ0v) is 18.3. The molecule has 0 amide bonds. The van der Waals surface area contributed by atoms with Crippen molar-refractivity contribution in [2.24, 2.45) is 0 Å². The monoisotopic (exact) mass is 394 g/mol. The quantitative estimate of drug-likeness (QED) is 0.354. The van der Waals surface area contributed by atoms with Crippen LogP contribution in [0.1, 0.15) is 57.6 Å². The normalized spacial score (nSPS) is 13.7. The molecule has 0 heterocycles. The first-order valence-corrected chi connectivity index (χ1v) is 10.1. The molecule has 2 unspecified atom stereocenters. The average Bonchev–Trinajstić information content (AvgIpc) is 2.75. The predicted molar refractivity (Wildman–Crippen MR) is 121 cm³/mol. The summed E-state index contributed by atoms with van der Waals surface area (Å²) in [5.41, 5.74) is 4.18. The van der Waals surface area contributed by atoms with Crippen LogP contribution in [0, 0.1) is 0 Å². The fourth-order valence-electron chi connectivity index (χ4n) is 2.87. The molecule has 3 nitrogen and oxygen atoms in total. The number of allylic oxidation sites excluding steroid dienone is 2. The van der Waals surface area contributed by atoms with Gasteiger partial charge in [-0.25, -0.2) is 4.79 Å². The second-order valence-corrected chi connectivity index (χ2v) is 7.14. The molecular weight excluding hydrogens is 360 g/mol. The number of aliphatic hydroxyl groups excluding tert-OH is 1. The SMILES string of the molecule is C/C(=C\C(C)c1ccccc1)CO.CCOC(=O)/C(C)=C/C(C)c1ccccc1. The number of benzene rings is 2. The molecule has 0 aromatic heterocycles. The zero-order valence-electron chi connectivity index (χ0n) is 18.3. The highest BCUT2D eigenvalue weighted by Gasteiger charge is 2.08. The van der Waals surface area contributed by atoms with Crippen LogP contribution in [0.2, 0.25) is 0 Å². The van der Waals surface area contributed by atoms with Crippen LogP contribution < -0.4 is 0 Å². The van der Waals surface area contributed by atoms with Gasteiger partial charge < -0.3 is 9.84 Å². The highest BCUT2D eigenvalue weighted by atomic mass is 16.5. The van der Waals surface area contributed by atoms with Crippen molar-refractivity contribution in [3.63, 3.8) is 0 Å². The van der Waals surface area contributed by atoms with E-state index in [1.54, 1.807) is 6.92 Å².